The van der Waals surface area contributed by atoms with E-state index in [0.29, 0.717) is 12.2 Å². The van der Waals surface area contributed by atoms with Crippen molar-refractivity contribution in [1.29, 1.82) is 5.26 Å². The lowest BCUT2D eigenvalue weighted by molar-refractivity contribution is 0.624. The van der Waals surface area contributed by atoms with Crippen LogP contribution in [0.4, 0.5) is 10.1 Å². The first-order valence-electron chi connectivity index (χ1n) is 4.60. The van der Waals surface area contributed by atoms with E-state index in [1.807, 2.05) is 5.38 Å². The molecule has 0 bridgehead atoms. The number of aromatic nitrogens is 1. The highest BCUT2D eigenvalue weighted by atomic mass is 32.1. The van der Waals surface area contributed by atoms with Crippen molar-refractivity contribution < 1.29 is 4.39 Å². The predicted octanol–water partition coefficient (Wildman–Crippen LogP) is 2.77. The molecule has 0 amide bonds. The lowest BCUT2D eigenvalue weighted by Gasteiger charge is -2.04. The van der Waals surface area contributed by atoms with E-state index in [-0.39, 0.29) is 5.56 Å². The number of thiazole rings is 1. The summed E-state index contributed by atoms with van der Waals surface area (Å²) in [6, 6.07) is 6.17. The first kappa shape index (κ1) is 10.6. The second kappa shape index (κ2) is 4.73. The first-order valence-corrected chi connectivity index (χ1v) is 5.54. The Morgan fingerprint density at radius 3 is 3.06 bits per heavy atom. The number of nitrogens with one attached hydrogen (secondary N) is 1. The largest absolute Gasteiger partial charge is 0.379 e. The molecule has 0 aliphatic rings. The van der Waals surface area contributed by atoms with Crippen LogP contribution in [0.1, 0.15) is 11.3 Å². The van der Waals surface area contributed by atoms with Crippen LogP contribution in [0.15, 0.2) is 29.1 Å². The van der Waals surface area contributed by atoms with Gasteiger partial charge in [-0.05, 0) is 18.2 Å². The molecule has 0 atom stereocenters. The molecule has 1 heterocycles. The monoisotopic (exact) mass is 233 g/mol. The molecular weight excluding hydrogens is 225 g/mol. The van der Waals surface area contributed by atoms with E-state index in [2.05, 4.69) is 10.3 Å². The van der Waals surface area contributed by atoms with Gasteiger partial charge in [0, 0.05) is 11.1 Å². The summed E-state index contributed by atoms with van der Waals surface area (Å²) in [5.74, 6) is -0.498. The third kappa shape index (κ3) is 2.35. The Morgan fingerprint density at radius 1 is 1.50 bits per heavy atom. The molecule has 2 aromatic rings. The fraction of sp³-hybridized carbons (Fsp3) is 0.0909. The van der Waals surface area contributed by atoms with Crippen LogP contribution >= 0.6 is 11.3 Å². The molecule has 1 aromatic carbocycles. The van der Waals surface area contributed by atoms with Gasteiger partial charge in [0.05, 0.1) is 23.3 Å². The molecule has 0 saturated heterocycles. The third-order valence-corrected chi connectivity index (χ3v) is 2.68. The summed E-state index contributed by atoms with van der Waals surface area (Å²) in [5.41, 5.74) is 3.43. The highest BCUT2D eigenvalue weighted by Crippen LogP contribution is 2.14. The van der Waals surface area contributed by atoms with Crippen LogP contribution in [-0.4, -0.2) is 4.98 Å². The van der Waals surface area contributed by atoms with Crippen LogP contribution in [0.3, 0.4) is 0 Å². The van der Waals surface area contributed by atoms with Crippen LogP contribution in [0, 0.1) is 17.1 Å². The normalized spacial score (nSPS) is 9.75. The van der Waals surface area contributed by atoms with Gasteiger partial charge in [-0.2, -0.15) is 5.26 Å². The Labute approximate surface area is 96.2 Å². The molecule has 0 aliphatic heterocycles. The van der Waals surface area contributed by atoms with Crippen molar-refractivity contribution >= 4 is 17.0 Å². The Morgan fingerprint density at radius 2 is 2.38 bits per heavy atom. The molecule has 0 spiro atoms. The van der Waals surface area contributed by atoms with Crippen LogP contribution in [-0.2, 0) is 6.54 Å². The Kier molecular flexibility index (Phi) is 3.13. The highest BCUT2D eigenvalue weighted by molar-refractivity contribution is 7.07. The van der Waals surface area contributed by atoms with E-state index in [0.717, 1.165) is 5.69 Å². The van der Waals surface area contributed by atoms with E-state index in [1.54, 1.807) is 17.6 Å². The number of anilines is 1. The van der Waals surface area contributed by atoms with Gasteiger partial charge in [-0.25, -0.2) is 9.37 Å². The molecule has 0 aliphatic carbocycles. The minimum atomic E-state index is -0.498. The number of hydrogen-bond acceptors (Lipinski definition) is 4. The maximum absolute atomic E-state index is 13.0. The molecule has 3 nitrogen and oxygen atoms in total. The number of nitriles is 1. The fourth-order valence-electron chi connectivity index (χ4n) is 1.24. The van der Waals surface area contributed by atoms with Crippen LogP contribution in [0.2, 0.25) is 0 Å². The summed E-state index contributed by atoms with van der Waals surface area (Å²) in [5, 5.41) is 13.7. The van der Waals surface area contributed by atoms with E-state index in [1.165, 1.54) is 23.5 Å². The molecule has 0 unspecified atom stereocenters. The van der Waals surface area contributed by atoms with Gasteiger partial charge >= 0.3 is 0 Å². The lowest BCUT2D eigenvalue weighted by Crippen LogP contribution is -2.00. The van der Waals surface area contributed by atoms with Crippen LogP contribution in [0.25, 0.3) is 0 Å². The summed E-state index contributed by atoms with van der Waals surface area (Å²) >= 11 is 1.52. The van der Waals surface area contributed by atoms with Crippen molar-refractivity contribution in [3.8, 4) is 6.07 Å². The zero-order valence-corrected chi connectivity index (χ0v) is 9.09. The van der Waals surface area contributed by atoms with Crippen molar-refractivity contribution in [3.63, 3.8) is 0 Å². The smallest absolute Gasteiger partial charge is 0.141 e. The average Bonchev–Trinajstić information content (AvgIpc) is 2.81. The quantitative estimate of drug-likeness (QED) is 0.886. The van der Waals surface area contributed by atoms with E-state index in [4.69, 9.17) is 5.26 Å². The van der Waals surface area contributed by atoms with Gasteiger partial charge in [0.1, 0.15) is 11.9 Å². The Balaban J connectivity index is 2.08. The van der Waals surface area contributed by atoms with E-state index < -0.39 is 5.82 Å². The minimum absolute atomic E-state index is 0.0447. The maximum atomic E-state index is 13.0. The number of halogens is 1. The van der Waals surface area contributed by atoms with Crippen LogP contribution < -0.4 is 5.32 Å². The number of nitrogens with zero attached hydrogens (tertiary/aromatic N) is 2. The molecule has 1 N–H and O–H groups in total. The van der Waals surface area contributed by atoms with Crippen molar-refractivity contribution in [2.45, 2.75) is 6.54 Å². The maximum Gasteiger partial charge on any atom is 0.141 e. The first-order chi connectivity index (χ1) is 7.79. The standard InChI is InChI=1S/C11H8FN3S/c12-11-2-1-9(3-8(11)4-13)14-5-10-6-16-7-15-10/h1-3,6-7,14H,5H2. The molecule has 1 aromatic heterocycles. The van der Waals surface area contributed by atoms with E-state index >= 15 is 0 Å². The molecule has 16 heavy (non-hydrogen) atoms. The van der Waals surface area contributed by atoms with Gasteiger partial charge in [-0.3, -0.25) is 0 Å². The summed E-state index contributed by atoms with van der Waals surface area (Å²) < 4.78 is 13.0. The highest BCUT2D eigenvalue weighted by Gasteiger charge is 2.02. The zero-order valence-electron chi connectivity index (χ0n) is 8.27. The minimum Gasteiger partial charge on any atom is -0.379 e. The van der Waals surface area contributed by atoms with Gasteiger partial charge in [-0.1, -0.05) is 0 Å². The van der Waals surface area contributed by atoms with Gasteiger partial charge in [0.25, 0.3) is 0 Å². The Bertz CT molecular complexity index is 517. The molecule has 5 heteroatoms. The molecule has 2 rings (SSSR count). The van der Waals surface area contributed by atoms with Gasteiger partial charge in [-0.15, -0.1) is 11.3 Å². The van der Waals surface area contributed by atoms with Crippen molar-refractivity contribution in [3.05, 3.63) is 46.2 Å². The topological polar surface area (TPSA) is 48.7 Å². The summed E-state index contributed by atoms with van der Waals surface area (Å²) in [6.45, 7) is 0.569. The van der Waals surface area contributed by atoms with Crippen molar-refractivity contribution in [2.75, 3.05) is 5.32 Å². The second-order valence-electron chi connectivity index (χ2n) is 3.14. The molecule has 0 saturated carbocycles. The lowest BCUT2D eigenvalue weighted by atomic mass is 10.2. The molecule has 80 valence electrons. The third-order valence-electron chi connectivity index (χ3n) is 2.04. The van der Waals surface area contributed by atoms with Crippen molar-refractivity contribution in [2.24, 2.45) is 0 Å². The SMILES string of the molecule is N#Cc1cc(NCc2cscn2)ccc1F. The molecule has 0 fully saturated rings. The van der Waals surface area contributed by atoms with E-state index in [9.17, 15) is 4.39 Å². The average molecular weight is 233 g/mol. The summed E-state index contributed by atoms with van der Waals surface area (Å²) in [7, 11) is 0. The van der Waals surface area contributed by atoms with Crippen molar-refractivity contribution in [1.82, 2.24) is 4.98 Å². The van der Waals surface area contributed by atoms with Gasteiger partial charge in [0.15, 0.2) is 0 Å². The van der Waals surface area contributed by atoms with Crippen LogP contribution in [0.5, 0.6) is 0 Å². The molecular formula is C11H8FN3S. The van der Waals surface area contributed by atoms with Gasteiger partial charge < -0.3 is 5.32 Å². The Hall–Kier alpha value is -1.93. The summed E-state index contributed by atoms with van der Waals surface area (Å²) in [6.07, 6.45) is 0. The predicted molar refractivity (Wildman–Crippen MR) is 60.6 cm³/mol. The zero-order chi connectivity index (χ0) is 11.4. The molecule has 0 radical (unpaired) electrons. The number of rotatable bonds is 3. The fourth-order valence-corrected chi connectivity index (χ4v) is 1.80. The second-order valence-corrected chi connectivity index (χ2v) is 3.86. The number of hydrogen-bond donors (Lipinski definition) is 1. The summed E-state index contributed by atoms with van der Waals surface area (Å²) in [4.78, 5) is 4.11. The van der Waals surface area contributed by atoms with Gasteiger partial charge in [0.2, 0.25) is 0 Å². The number of benzene rings is 1.